The third-order valence-corrected chi connectivity index (χ3v) is 9.33. The quantitative estimate of drug-likeness (QED) is 0.314. The van der Waals surface area contributed by atoms with E-state index < -0.39 is 11.0 Å². The van der Waals surface area contributed by atoms with E-state index >= 15 is 0 Å². The summed E-state index contributed by atoms with van der Waals surface area (Å²) in [5.74, 6) is 0.522. The minimum Gasteiger partial charge on any atom is -0.492 e. The maximum absolute atomic E-state index is 14.8. The van der Waals surface area contributed by atoms with Crippen LogP contribution in [0.3, 0.4) is 0 Å². The number of hydrogen-bond donors (Lipinski definition) is 0. The summed E-state index contributed by atoms with van der Waals surface area (Å²) in [6.45, 7) is 10.4. The standard InChI is InChI=1S/C35H38N4O4/c1-26-22-31(40)43-33-29(26)12-13-30-32(33)34(41)35(25-42-30,23-36-14-18-38(19-15-36)27-8-4-2-5-9-27)24-37-16-20-39(21-17-37)28-10-6-3-7-11-28/h2-13,22H,14-21,23-25H2,1H3. The van der Waals surface area contributed by atoms with Crippen LogP contribution in [0.4, 0.5) is 11.4 Å². The monoisotopic (exact) mass is 578 g/mol. The first-order valence-electron chi connectivity index (χ1n) is 15.3. The van der Waals surface area contributed by atoms with E-state index in [1.54, 1.807) is 0 Å². The molecule has 0 radical (unpaired) electrons. The largest absolute Gasteiger partial charge is 0.492 e. The van der Waals surface area contributed by atoms with Gasteiger partial charge in [0.15, 0.2) is 11.4 Å². The van der Waals surface area contributed by atoms with Gasteiger partial charge >= 0.3 is 5.63 Å². The van der Waals surface area contributed by atoms with Gasteiger partial charge in [-0.1, -0.05) is 36.4 Å². The first kappa shape index (κ1) is 27.7. The highest BCUT2D eigenvalue weighted by molar-refractivity contribution is 6.12. The molecule has 4 aromatic rings. The number of piperazine rings is 2. The molecule has 8 nitrogen and oxygen atoms in total. The maximum atomic E-state index is 14.8. The van der Waals surface area contributed by atoms with Gasteiger partial charge in [0, 0.05) is 88.3 Å². The van der Waals surface area contributed by atoms with Crippen molar-refractivity contribution in [3.05, 3.63) is 100 Å². The molecule has 0 spiro atoms. The van der Waals surface area contributed by atoms with Crippen molar-refractivity contribution in [2.24, 2.45) is 5.41 Å². The molecular formula is C35H38N4O4. The molecule has 0 atom stereocenters. The summed E-state index contributed by atoms with van der Waals surface area (Å²) in [6, 6.07) is 26.2. The Morgan fingerprint density at radius 1 is 0.698 bits per heavy atom. The van der Waals surface area contributed by atoms with Gasteiger partial charge in [-0.25, -0.2) is 4.79 Å². The maximum Gasteiger partial charge on any atom is 0.336 e. The van der Waals surface area contributed by atoms with Gasteiger partial charge in [0.2, 0.25) is 0 Å². The third kappa shape index (κ3) is 5.41. The zero-order valence-electron chi connectivity index (χ0n) is 24.7. The highest BCUT2D eigenvalue weighted by Crippen LogP contribution is 2.40. The molecule has 4 heterocycles. The predicted molar refractivity (Wildman–Crippen MR) is 170 cm³/mol. The molecule has 7 rings (SSSR count). The van der Waals surface area contributed by atoms with Gasteiger partial charge in [0.05, 0.1) is 5.41 Å². The van der Waals surface area contributed by atoms with E-state index in [0.717, 1.165) is 63.3 Å². The van der Waals surface area contributed by atoms with Gasteiger partial charge in [0.25, 0.3) is 0 Å². The summed E-state index contributed by atoms with van der Waals surface area (Å²) in [7, 11) is 0. The average molecular weight is 579 g/mol. The summed E-state index contributed by atoms with van der Waals surface area (Å²) >= 11 is 0. The molecule has 3 aromatic carbocycles. The molecule has 8 heteroatoms. The number of rotatable bonds is 6. The van der Waals surface area contributed by atoms with E-state index in [-0.39, 0.29) is 5.78 Å². The second-order valence-electron chi connectivity index (χ2n) is 12.2. The van der Waals surface area contributed by atoms with Crippen molar-refractivity contribution in [2.75, 3.05) is 81.9 Å². The second kappa shape index (κ2) is 11.5. The van der Waals surface area contributed by atoms with E-state index in [1.807, 2.05) is 31.2 Å². The fourth-order valence-corrected chi connectivity index (χ4v) is 6.99. The van der Waals surface area contributed by atoms with Gasteiger partial charge in [-0.3, -0.25) is 14.6 Å². The number of anilines is 2. The summed E-state index contributed by atoms with van der Waals surface area (Å²) in [6.07, 6.45) is 0. The zero-order valence-corrected chi connectivity index (χ0v) is 24.7. The van der Waals surface area contributed by atoms with Crippen LogP contribution < -0.4 is 20.2 Å². The lowest BCUT2D eigenvalue weighted by atomic mass is 9.77. The number of para-hydroxylation sites is 2. The molecule has 43 heavy (non-hydrogen) atoms. The average Bonchev–Trinajstić information content (AvgIpc) is 3.04. The van der Waals surface area contributed by atoms with Crippen LogP contribution in [-0.4, -0.2) is 87.6 Å². The number of Topliss-reactive ketones (excluding diaryl/α,β-unsaturated/α-hetero) is 1. The van der Waals surface area contributed by atoms with Crippen LogP contribution in [0.25, 0.3) is 11.0 Å². The number of benzene rings is 3. The van der Waals surface area contributed by atoms with Crippen molar-refractivity contribution in [3.8, 4) is 5.75 Å². The van der Waals surface area contributed by atoms with Crippen molar-refractivity contribution in [3.63, 3.8) is 0 Å². The Morgan fingerprint density at radius 3 is 1.77 bits per heavy atom. The van der Waals surface area contributed by atoms with Crippen LogP contribution in [0.1, 0.15) is 15.9 Å². The lowest BCUT2D eigenvalue weighted by molar-refractivity contribution is 0.0278. The van der Waals surface area contributed by atoms with Crippen molar-refractivity contribution in [2.45, 2.75) is 6.92 Å². The molecule has 0 aliphatic carbocycles. The molecule has 0 bridgehead atoms. The molecule has 0 N–H and O–H groups in total. The van der Waals surface area contributed by atoms with Crippen molar-refractivity contribution in [1.82, 2.24) is 9.80 Å². The number of carbonyl (C=O) groups is 1. The Morgan fingerprint density at radius 2 is 1.23 bits per heavy atom. The smallest absolute Gasteiger partial charge is 0.336 e. The minimum absolute atomic E-state index is 0.0177. The molecule has 0 unspecified atom stereocenters. The molecule has 0 amide bonds. The van der Waals surface area contributed by atoms with Crippen LogP contribution in [0.15, 0.2) is 88.1 Å². The number of ketones is 1. The highest BCUT2D eigenvalue weighted by atomic mass is 16.5. The SMILES string of the molecule is Cc1cc(=O)oc2c3c(ccc12)OCC(CN1CCN(c2ccccc2)CC1)(CN1CCN(c2ccccc2)CC1)C3=O. The van der Waals surface area contributed by atoms with Crippen LogP contribution in [0, 0.1) is 12.3 Å². The van der Waals surface area contributed by atoms with Gasteiger partial charge in [-0.15, -0.1) is 0 Å². The number of fused-ring (bicyclic) bond motifs is 3. The van der Waals surface area contributed by atoms with Gasteiger partial charge < -0.3 is 19.0 Å². The van der Waals surface area contributed by atoms with E-state index in [2.05, 4.69) is 68.1 Å². The molecule has 2 saturated heterocycles. The molecule has 0 saturated carbocycles. The number of aryl methyl sites for hydroxylation is 1. The number of carbonyl (C=O) groups excluding carboxylic acids is 1. The summed E-state index contributed by atoms with van der Waals surface area (Å²) in [5.41, 5.74) is 2.79. The Bertz CT molecular complexity index is 1590. The highest BCUT2D eigenvalue weighted by Gasteiger charge is 2.48. The topological polar surface area (TPSA) is 69.5 Å². The molecule has 2 fully saturated rings. The third-order valence-electron chi connectivity index (χ3n) is 9.33. The van der Waals surface area contributed by atoms with Crippen molar-refractivity contribution >= 4 is 28.1 Å². The lowest BCUT2D eigenvalue weighted by Gasteiger charge is -2.46. The normalized spacial score (nSPS) is 19.3. The van der Waals surface area contributed by atoms with E-state index in [0.29, 0.717) is 36.6 Å². The van der Waals surface area contributed by atoms with Gasteiger partial charge in [0.1, 0.15) is 17.9 Å². The summed E-state index contributed by atoms with van der Waals surface area (Å²) in [5, 5.41) is 0.777. The van der Waals surface area contributed by atoms with Gasteiger partial charge in [-0.2, -0.15) is 0 Å². The first-order valence-corrected chi connectivity index (χ1v) is 15.3. The Hall–Kier alpha value is -4.14. The Balaban J connectivity index is 1.17. The molecule has 3 aliphatic rings. The molecule has 222 valence electrons. The molecule has 3 aliphatic heterocycles. The predicted octanol–water partition coefficient (Wildman–Crippen LogP) is 4.31. The van der Waals surface area contributed by atoms with Gasteiger partial charge in [-0.05, 0) is 48.9 Å². The second-order valence-corrected chi connectivity index (χ2v) is 12.2. The lowest BCUT2D eigenvalue weighted by Crippen LogP contribution is -2.60. The number of hydrogen-bond acceptors (Lipinski definition) is 8. The van der Waals surface area contributed by atoms with E-state index in [9.17, 15) is 9.59 Å². The fraction of sp³-hybridized carbons (Fsp3) is 0.371. The van der Waals surface area contributed by atoms with Crippen molar-refractivity contribution < 1.29 is 13.9 Å². The summed E-state index contributed by atoms with van der Waals surface area (Å²) in [4.78, 5) is 36.9. The van der Waals surface area contributed by atoms with Crippen LogP contribution in [0.2, 0.25) is 0 Å². The van der Waals surface area contributed by atoms with Crippen LogP contribution in [-0.2, 0) is 0 Å². The molecular weight excluding hydrogens is 540 g/mol. The van der Waals surface area contributed by atoms with Crippen molar-refractivity contribution in [1.29, 1.82) is 0 Å². The minimum atomic E-state index is -0.784. The Labute approximate surface area is 252 Å². The van der Waals surface area contributed by atoms with Crippen LogP contribution in [0.5, 0.6) is 5.75 Å². The first-order chi connectivity index (χ1) is 21.0. The fourth-order valence-electron chi connectivity index (χ4n) is 6.99. The zero-order chi connectivity index (χ0) is 29.4. The van der Waals surface area contributed by atoms with E-state index in [1.165, 1.54) is 17.4 Å². The number of ether oxygens (including phenoxy) is 1. The number of nitrogens with zero attached hydrogens (tertiary/aromatic N) is 4. The molecule has 1 aromatic heterocycles. The van der Waals surface area contributed by atoms with E-state index in [4.69, 9.17) is 9.15 Å². The summed E-state index contributed by atoms with van der Waals surface area (Å²) < 4.78 is 12.1. The van der Waals surface area contributed by atoms with Crippen LogP contribution >= 0.6 is 0 Å². The Kier molecular flexibility index (Phi) is 7.41.